The van der Waals surface area contributed by atoms with Crippen LogP contribution in [0.5, 0.6) is 5.75 Å². The zero-order valence-corrected chi connectivity index (χ0v) is 27.8. The summed E-state index contributed by atoms with van der Waals surface area (Å²) in [7, 11) is 0. The van der Waals surface area contributed by atoms with Crippen LogP contribution in [0, 0.1) is 0 Å². The Morgan fingerprint density at radius 1 is 0.451 bits per heavy atom. The number of para-hydroxylation sites is 3. The van der Waals surface area contributed by atoms with Gasteiger partial charge in [0.05, 0.1) is 0 Å². The fourth-order valence-electron chi connectivity index (χ4n) is 7.75. The van der Waals surface area contributed by atoms with Crippen LogP contribution in [0.15, 0.2) is 193 Å². The second kappa shape index (κ2) is 12.1. The molecule has 3 nitrogen and oxygen atoms in total. The van der Waals surface area contributed by atoms with Gasteiger partial charge in [-0.1, -0.05) is 140 Å². The number of fused-ring (bicyclic) bond motifs is 6. The van der Waals surface area contributed by atoms with E-state index in [1.165, 1.54) is 16.7 Å². The molecular weight excluding hydrogens is 623 g/mol. The van der Waals surface area contributed by atoms with Crippen molar-refractivity contribution in [2.45, 2.75) is 12.0 Å². The molecule has 1 aromatic heterocycles. The number of nitrogens with zero attached hydrogens (tertiary/aromatic N) is 1. The minimum Gasteiger partial charge on any atom is -0.484 e. The van der Waals surface area contributed by atoms with E-state index in [9.17, 15) is 0 Å². The smallest absolute Gasteiger partial charge is 0.143 e. The topological polar surface area (TPSA) is 25.6 Å². The molecule has 1 aliphatic heterocycles. The number of rotatable bonds is 6. The lowest BCUT2D eigenvalue weighted by molar-refractivity contribution is 0.270. The van der Waals surface area contributed by atoms with Gasteiger partial charge >= 0.3 is 0 Å². The van der Waals surface area contributed by atoms with Crippen LogP contribution in [0.25, 0.3) is 55.3 Å². The van der Waals surface area contributed by atoms with Crippen LogP contribution in [-0.2, 0) is 0 Å². The largest absolute Gasteiger partial charge is 0.484 e. The maximum absolute atomic E-state index is 6.50. The Morgan fingerprint density at radius 2 is 1.10 bits per heavy atom. The Bertz CT molecular complexity index is 2610. The van der Waals surface area contributed by atoms with Gasteiger partial charge in [0, 0.05) is 50.4 Å². The van der Waals surface area contributed by atoms with E-state index in [2.05, 4.69) is 181 Å². The molecule has 2 unspecified atom stereocenters. The standard InChI is InChI=1S/C48H33NO2/c1-2-11-32(12-3-1)35-13-8-14-38(31-35)49(36-27-23-33(24-28-36)39-17-9-19-43-41-15-4-6-21-45(41)50-47(39)43)37-29-25-34(26-30-37)40-18-10-20-44-42-16-5-7-22-46(42)51-48(40)44/h1-31,41,45H. The summed E-state index contributed by atoms with van der Waals surface area (Å²) in [6, 6.07) is 58.2. The van der Waals surface area contributed by atoms with Crippen molar-refractivity contribution >= 4 is 39.0 Å². The maximum atomic E-state index is 6.50. The SMILES string of the molecule is C1=CC2Oc3c(-c4ccc(N(c5ccc(-c6cccc7c6oc6ccccc67)cc5)c5cccc(-c6ccccc6)c5)cc4)cccc3C2C=C1. The van der Waals surface area contributed by atoms with E-state index in [0.29, 0.717) is 0 Å². The zero-order valence-electron chi connectivity index (χ0n) is 27.8. The minimum atomic E-state index is 0.0552. The molecule has 0 N–H and O–H groups in total. The first kappa shape index (κ1) is 29.3. The number of anilines is 3. The third-order valence-electron chi connectivity index (χ3n) is 10.2. The average Bonchev–Trinajstić information content (AvgIpc) is 3.78. The van der Waals surface area contributed by atoms with Crippen molar-refractivity contribution in [3.8, 4) is 39.1 Å². The lowest BCUT2D eigenvalue weighted by Crippen LogP contribution is -2.15. The lowest BCUT2D eigenvalue weighted by atomic mass is 9.90. The summed E-state index contributed by atoms with van der Waals surface area (Å²) in [6.07, 6.45) is 8.65. The predicted molar refractivity (Wildman–Crippen MR) is 210 cm³/mol. The summed E-state index contributed by atoms with van der Waals surface area (Å²) >= 11 is 0. The van der Waals surface area contributed by atoms with Gasteiger partial charge in [0.15, 0.2) is 0 Å². The summed E-state index contributed by atoms with van der Waals surface area (Å²) < 4.78 is 12.9. The summed E-state index contributed by atoms with van der Waals surface area (Å²) in [5.74, 6) is 1.25. The molecule has 0 spiro atoms. The highest BCUT2D eigenvalue weighted by Gasteiger charge is 2.33. The van der Waals surface area contributed by atoms with Gasteiger partial charge in [-0.2, -0.15) is 0 Å². The number of ether oxygens (including phenoxy) is 1. The molecule has 0 fully saturated rings. The molecule has 2 aliphatic rings. The first-order valence-electron chi connectivity index (χ1n) is 17.5. The van der Waals surface area contributed by atoms with Crippen molar-refractivity contribution in [2.75, 3.05) is 4.90 Å². The molecule has 2 atom stereocenters. The van der Waals surface area contributed by atoms with Crippen LogP contribution in [0.2, 0.25) is 0 Å². The van der Waals surface area contributed by atoms with Gasteiger partial charge in [0.2, 0.25) is 0 Å². The van der Waals surface area contributed by atoms with Crippen LogP contribution in [0.4, 0.5) is 17.1 Å². The molecular formula is C48H33NO2. The Morgan fingerprint density at radius 3 is 1.92 bits per heavy atom. The fraction of sp³-hybridized carbons (Fsp3) is 0.0417. The average molecular weight is 656 g/mol. The molecule has 10 rings (SSSR count). The van der Waals surface area contributed by atoms with Crippen molar-refractivity contribution < 1.29 is 9.15 Å². The quantitative estimate of drug-likeness (QED) is 0.178. The molecule has 7 aromatic carbocycles. The second-order valence-electron chi connectivity index (χ2n) is 13.2. The van der Waals surface area contributed by atoms with Crippen molar-refractivity contribution in [3.63, 3.8) is 0 Å². The molecule has 0 amide bonds. The van der Waals surface area contributed by atoms with Gasteiger partial charge in [-0.3, -0.25) is 0 Å². The number of allylic oxidation sites excluding steroid dienone is 2. The molecule has 0 saturated carbocycles. The third-order valence-corrected chi connectivity index (χ3v) is 10.2. The lowest BCUT2D eigenvalue weighted by Gasteiger charge is -2.26. The van der Waals surface area contributed by atoms with Gasteiger partial charge in [-0.25, -0.2) is 0 Å². The van der Waals surface area contributed by atoms with Gasteiger partial charge in [-0.15, -0.1) is 0 Å². The van der Waals surface area contributed by atoms with Gasteiger partial charge < -0.3 is 14.1 Å². The van der Waals surface area contributed by atoms with E-state index in [4.69, 9.17) is 9.15 Å². The molecule has 1 aliphatic carbocycles. The van der Waals surface area contributed by atoms with Crippen LogP contribution >= 0.6 is 0 Å². The first-order valence-corrected chi connectivity index (χ1v) is 17.5. The van der Waals surface area contributed by atoms with Crippen molar-refractivity contribution in [2.24, 2.45) is 0 Å². The summed E-state index contributed by atoms with van der Waals surface area (Å²) in [5.41, 5.74) is 13.1. The van der Waals surface area contributed by atoms with E-state index in [1.54, 1.807) is 0 Å². The van der Waals surface area contributed by atoms with Gasteiger partial charge in [-0.05, 0) is 70.8 Å². The van der Waals surface area contributed by atoms with Gasteiger partial charge in [0.25, 0.3) is 0 Å². The predicted octanol–water partition coefficient (Wildman–Crippen LogP) is 13.0. The molecule has 3 heteroatoms. The number of benzene rings is 7. The minimum absolute atomic E-state index is 0.0552. The summed E-state index contributed by atoms with van der Waals surface area (Å²) in [6.45, 7) is 0. The summed E-state index contributed by atoms with van der Waals surface area (Å²) in [5, 5.41) is 2.27. The van der Waals surface area contributed by atoms with E-state index in [0.717, 1.165) is 67.0 Å². The summed E-state index contributed by atoms with van der Waals surface area (Å²) in [4.78, 5) is 2.33. The Balaban J connectivity index is 1.05. The van der Waals surface area contributed by atoms with Crippen LogP contribution in [0.3, 0.4) is 0 Å². The highest BCUT2D eigenvalue weighted by atomic mass is 16.5. The van der Waals surface area contributed by atoms with Crippen LogP contribution in [-0.4, -0.2) is 6.10 Å². The molecule has 0 saturated heterocycles. The van der Waals surface area contributed by atoms with Crippen molar-refractivity contribution in [1.82, 2.24) is 0 Å². The molecule has 0 bridgehead atoms. The second-order valence-corrected chi connectivity index (χ2v) is 13.2. The van der Waals surface area contributed by atoms with E-state index in [1.807, 2.05) is 12.1 Å². The Labute approximate surface area is 297 Å². The van der Waals surface area contributed by atoms with E-state index < -0.39 is 0 Å². The maximum Gasteiger partial charge on any atom is 0.143 e. The highest BCUT2D eigenvalue weighted by molar-refractivity contribution is 6.09. The van der Waals surface area contributed by atoms with E-state index in [-0.39, 0.29) is 12.0 Å². The zero-order chi connectivity index (χ0) is 33.7. The molecule has 0 radical (unpaired) electrons. The van der Waals surface area contributed by atoms with Gasteiger partial charge in [0.1, 0.15) is 23.0 Å². The number of furan rings is 1. The first-order chi connectivity index (χ1) is 25.3. The van der Waals surface area contributed by atoms with E-state index >= 15 is 0 Å². The number of hydrogen-bond donors (Lipinski definition) is 0. The Kier molecular flexibility index (Phi) is 6.95. The van der Waals surface area contributed by atoms with Crippen LogP contribution < -0.4 is 9.64 Å². The Hall–Kier alpha value is -6.58. The molecule has 2 heterocycles. The van der Waals surface area contributed by atoms with Crippen LogP contribution in [0.1, 0.15) is 11.5 Å². The highest BCUT2D eigenvalue weighted by Crippen LogP contribution is 2.47. The molecule has 8 aromatic rings. The third kappa shape index (κ3) is 5.05. The monoisotopic (exact) mass is 655 g/mol. The van der Waals surface area contributed by atoms with Crippen molar-refractivity contribution in [1.29, 1.82) is 0 Å². The normalized spacial score (nSPS) is 15.8. The fourth-order valence-corrected chi connectivity index (χ4v) is 7.75. The molecule has 242 valence electrons. The molecule has 51 heavy (non-hydrogen) atoms. The van der Waals surface area contributed by atoms with Crippen molar-refractivity contribution in [3.05, 3.63) is 194 Å². The number of hydrogen-bond acceptors (Lipinski definition) is 3.